The zero-order valence-corrected chi connectivity index (χ0v) is 12.4. The fraction of sp³-hybridized carbons (Fsp3) is 0.533. The molecule has 1 aromatic heterocycles. The van der Waals surface area contributed by atoms with Gasteiger partial charge in [0.1, 0.15) is 5.69 Å². The molecule has 1 aliphatic heterocycles. The van der Waals surface area contributed by atoms with E-state index in [9.17, 15) is 14.7 Å². The Balaban J connectivity index is 2.09. The van der Waals surface area contributed by atoms with E-state index in [2.05, 4.69) is 15.2 Å². The van der Waals surface area contributed by atoms with Crippen molar-refractivity contribution in [3.8, 4) is 0 Å². The number of carbonyl (C=O) groups is 2. The van der Waals surface area contributed by atoms with Gasteiger partial charge in [0.25, 0.3) is 5.91 Å². The van der Waals surface area contributed by atoms with Crippen LogP contribution < -0.4 is 10.2 Å². The third-order valence-corrected chi connectivity index (χ3v) is 4.06. The maximum Gasteiger partial charge on any atom is 0.309 e. The molecule has 2 rings (SSSR count). The van der Waals surface area contributed by atoms with Crippen LogP contribution in [0, 0.1) is 5.41 Å². The molecule has 0 bridgehead atoms. The lowest BCUT2D eigenvalue weighted by molar-refractivity contribution is -0.149. The standard InChI is InChI=1S/C15H21N3O3/c1-3-16-13(19)12-10-11(4-7-17-12)18-8-5-15(2,6-9-18)14(20)21/h4,7,10H,3,5-6,8-9H2,1-2H3,(H,16,19)(H,20,21). The van der Waals surface area contributed by atoms with Gasteiger partial charge in [-0.3, -0.25) is 14.6 Å². The van der Waals surface area contributed by atoms with Crippen LogP contribution in [-0.2, 0) is 4.79 Å². The van der Waals surface area contributed by atoms with Gasteiger partial charge in [-0.15, -0.1) is 0 Å². The quantitative estimate of drug-likeness (QED) is 0.879. The Morgan fingerprint density at radius 3 is 2.67 bits per heavy atom. The lowest BCUT2D eigenvalue weighted by atomic mass is 9.80. The molecule has 0 unspecified atom stereocenters. The molecule has 1 amide bonds. The Morgan fingerprint density at radius 1 is 1.43 bits per heavy atom. The molecule has 1 fully saturated rings. The Hall–Kier alpha value is -2.11. The van der Waals surface area contributed by atoms with Crippen LogP contribution in [-0.4, -0.2) is 41.6 Å². The molecule has 0 aliphatic carbocycles. The van der Waals surface area contributed by atoms with E-state index in [1.54, 1.807) is 19.2 Å². The molecule has 6 nitrogen and oxygen atoms in total. The summed E-state index contributed by atoms with van der Waals surface area (Å²) in [5, 5.41) is 12.0. The Labute approximate surface area is 124 Å². The van der Waals surface area contributed by atoms with Crippen molar-refractivity contribution >= 4 is 17.6 Å². The summed E-state index contributed by atoms with van der Waals surface area (Å²) < 4.78 is 0. The van der Waals surface area contributed by atoms with Crippen LogP contribution in [0.25, 0.3) is 0 Å². The van der Waals surface area contributed by atoms with E-state index >= 15 is 0 Å². The van der Waals surface area contributed by atoms with Gasteiger partial charge in [0, 0.05) is 31.5 Å². The summed E-state index contributed by atoms with van der Waals surface area (Å²) in [6.07, 6.45) is 2.81. The normalized spacial score (nSPS) is 17.3. The number of nitrogens with zero attached hydrogens (tertiary/aromatic N) is 2. The lowest BCUT2D eigenvalue weighted by Crippen LogP contribution is -2.42. The van der Waals surface area contributed by atoms with Gasteiger partial charge in [-0.2, -0.15) is 0 Å². The molecule has 1 aliphatic rings. The molecule has 114 valence electrons. The second kappa shape index (κ2) is 6.11. The summed E-state index contributed by atoms with van der Waals surface area (Å²) in [5.74, 6) is -0.924. The SMILES string of the molecule is CCNC(=O)c1cc(N2CCC(C)(C(=O)O)CC2)ccn1. The van der Waals surface area contributed by atoms with Crippen molar-refractivity contribution in [1.82, 2.24) is 10.3 Å². The Morgan fingerprint density at radius 2 is 2.10 bits per heavy atom. The predicted octanol–water partition coefficient (Wildman–Crippen LogP) is 1.52. The summed E-state index contributed by atoms with van der Waals surface area (Å²) >= 11 is 0. The van der Waals surface area contributed by atoms with Crippen LogP contribution in [0.15, 0.2) is 18.3 Å². The Kier molecular flexibility index (Phi) is 4.45. The number of nitrogens with one attached hydrogen (secondary N) is 1. The summed E-state index contributed by atoms with van der Waals surface area (Å²) in [6, 6.07) is 3.61. The summed E-state index contributed by atoms with van der Waals surface area (Å²) in [4.78, 5) is 29.2. The average molecular weight is 291 g/mol. The maximum atomic E-state index is 11.8. The van der Waals surface area contributed by atoms with E-state index in [-0.39, 0.29) is 5.91 Å². The number of pyridine rings is 1. The number of hydrogen-bond donors (Lipinski definition) is 2. The van der Waals surface area contributed by atoms with Gasteiger partial charge in [0.2, 0.25) is 0 Å². The first-order chi connectivity index (χ1) is 9.96. The summed E-state index contributed by atoms with van der Waals surface area (Å²) in [5.41, 5.74) is 0.658. The van der Waals surface area contributed by atoms with E-state index in [1.165, 1.54) is 0 Å². The van der Waals surface area contributed by atoms with Crippen molar-refractivity contribution in [1.29, 1.82) is 0 Å². The van der Waals surface area contributed by atoms with Crippen molar-refractivity contribution in [3.63, 3.8) is 0 Å². The van der Waals surface area contributed by atoms with Gasteiger partial charge in [-0.1, -0.05) is 0 Å². The molecule has 0 spiro atoms. The number of carboxylic acid groups (broad SMARTS) is 1. The Bertz CT molecular complexity index is 537. The topological polar surface area (TPSA) is 82.5 Å². The minimum absolute atomic E-state index is 0.188. The highest BCUT2D eigenvalue weighted by Crippen LogP contribution is 2.33. The van der Waals surface area contributed by atoms with Gasteiger partial charge in [-0.25, -0.2) is 0 Å². The van der Waals surface area contributed by atoms with Crippen LogP contribution >= 0.6 is 0 Å². The van der Waals surface area contributed by atoms with Crippen molar-refractivity contribution in [2.24, 2.45) is 5.41 Å². The van der Waals surface area contributed by atoms with Gasteiger partial charge in [-0.05, 0) is 38.8 Å². The fourth-order valence-electron chi connectivity index (χ4n) is 2.46. The van der Waals surface area contributed by atoms with Crippen molar-refractivity contribution in [3.05, 3.63) is 24.0 Å². The minimum Gasteiger partial charge on any atom is -0.481 e. The number of hydrogen-bond acceptors (Lipinski definition) is 4. The van der Waals surface area contributed by atoms with Crippen LogP contribution in [0.2, 0.25) is 0 Å². The first-order valence-electron chi connectivity index (χ1n) is 7.19. The van der Waals surface area contributed by atoms with E-state index in [0.29, 0.717) is 38.2 Å². The highest BCUT2D eigenvalue weighted by molar-refractivity contribution is 5.93. The predicted molar refractivity (Wildman–Crippen MR) is 79.4 cm³/mol. The van der Waals surface area contributed by atoms with Gasteiger partial charge in [0.05, 0.1) is 5.41 Å². The van der Waals surface area contributed by atoms with E-state index in [0.717, 1.165) is 5.69 Å². The van der Waals surface area contributed by atoms with Crippen LogP contribution in [0.5, 0.6) is 0 Å². The summed E-state index contributed by atoms with van der Waals surface area (Å²) in [6.45, 7) is 5.55. The number of anilines is 1. The largest absolute Gasteiger partial charge is 0.481 e. The van der Waals surface area contributed by atoms with Gasteiger partial charge in [0.15, 0.2) is 0 Å². The third kappa shape index (κ3) is 3.32. The number of aromatic nitrogens is 1. The molecule has 1 saturated heterocycles. The first kappa shape index (κ1) is 15.3. The molecular weight excluding hydrogens is 270 g/mol. The van der Waals surface area contributed by atoms with Gasteiger partial charge >= 0.3 is 5.97 Å². The molecule has 0 aromatic carbocycles. The van der Waals surface area contributed by atoms with E-state index in [1.807, 2.05) is 13.0 Å². The number of piperidine rings is 1. The fourth-order valence-corrected chi connectivity index (χ4v) is 2.46. The minimum atomic E-state index is -0.736. The monoisotopic (exact) mass is 291 g/mol. The molecule has 0 saturated carbocycles. The molecule has 2 heterocycles. The van der Waals surface area contributed by atoms with Crippen molar-refractivity contribution in [2.45, 2.75) is 26.7 Å². The molecule has 2 N–H and O–H groups in total. The molecule has 0 atom stereocenters. The second-order valence-electron chi connectivity index (χ2n) is 5.61. The second-order valence-corrected chi connectivity index (χ2v) is 5.61. The average Bonchev–Trinajstić information content (AvgIpc) is 2.48. The number of carboxylic acids is 1. The highest BCUT2D eigenvalue weighted by atomic mass is 16.4. The van der Waals surface area contributed by atoms with Crippen molar-refractivity contribution in [2.75, 3.05) is 24.5 Å². The first-order valence-corrected chi connectivity index (χ1v) is 7.19. The number of aliphatic carboxylic acids is 1. The highest BCUT2D eigenvalue weighted by Gasteiger charge is 2.36. The lowest BCUT2D eigenvalue weighted by Gasteiger charge is -2.37. The van der Waals surface area contributed by atoms with Gasteiger partial charge < -0.3 is 15.3 Å². The molecule has 21 heavy (non-hydrogen) atoms. The third-order valence-electron chi connectivity index (χ3n) is 4.06. The summed E-state index contributed by atoms with van der Waals surface area (Å²) in [7, 11) is 0. The number of amides is 1. The molecule has 0 radical (unpaired) electrons. The van der Waals surface area contributed by atoms with Crippen LogP contribution in [0.1, 0.15) is 37.2 Å². The maximum absolute atomic E-state index is 11.8. The zero-order chi connectivity index (χ0) is 15.5. The van der Waals surface area contributed by atoms with E-state index in [4.69, 9.17) is 0 Å². The number of carbonyl (C=O) groups excluding carboxylic acids is 1. The molecule has 1 aromatic rings. The van der Waals surface area contributed by atoms with Crippen LogP contribution in [0.3, 0.4) is 0 Å². The van der Waals surface area contributed by atoms with E-state index < -0.39 is 11.4 Å². The zero-order valence-electron chi connectivity index (χ0n) is 12.4. The number of rotatable bonds is 4. The smallest absolute Gasteiger partial charge is 0.309 e. The van der Waals surface area contributed by atoms with Crippen molar-refractivity contribution < 1.29 is 14.7 Å². The van der Waals surface area contributed by atoms with Crippen LogP contribution in [0.4, 0.5) is 5.69 Å². The molecular formula is C15H21N3O3. The molecule has 6 heteroatoms.